The normalized spacial score (nSPS) is 16.9. The minimum Gasteiger partial charge on any atom is -0.465 e. The van der Waals surface area contributed by atoms with Gasteiger partial charge in [-0.1, -0.05) is 36.4 Å². The molecular formula is C39H48N8O9S2. The van der Waals surface area contributed by atoms with E-state index in [1.54, 1.807) is 72.8 Å². The standard InChI is InChI=1S/C21H26N4O5S.C18H22N4O4S/c1-29-21(26)17-7-8-18(22-13-17)14-25(19-5-3-2-4-6-19)31(27,28)24-11-9-23(10-12-24)20-15-30-16-20;1-26-18(23)15-7-8-16(20-13-15)14-22(17-5-3-2-4-6-17)27(24,25)21-11-9-19-10-12-21/h2-8,13,20H,9-12,14-16H2,1H3;2-8,13,19H,9-12,14H2,1H3. The first-order valence-electron chi connectivity index (χ1n) is 18.8. The number of ether oxygens (including phenoxy) is 3. The maximum atomic E-state index is 13.6. The Morgan fingerprint density at radius 3 is 1.45 bits per heavy atom. The maximum Gasteiger partial charge on any atom is 0.339 e. The van der Waals surface area contributed by atoms with Crippen molar-refractivity contribution in [3.05, 3.63) is 120 Å². The predicted molar refractivity (Wildman–Crippen MR) is 216 cm³/mol. The number of hydrogen-bond donors (Lipinski definition) is 1. The SMILES string of the molecule is COC(=O)c1ccc(CN(c2ccccc2)S(=O)(=O)N2CCN(C3COC3)CC2)nc1.COC(=O)c1ccc(CN(c2ccccc2)S(=O)(=O)N2CCNCC2)nc1. The number of methoxy groups -OCH3 is 2. The van der Waals surface area contributed by atoms with Crippen LogP contribution in [0.1, 0.15) is 32.1 Å². The number of benzene rings is 2. The molecule has 4 aromatic rings. The van der Waals surface area contributed by atoms with Crippen molar-refractivity contribution in [3.63, 3.8) is 0 Å². The second kappa shape index (κ2) is 19.6. The molecule has 1 N–H and O–H groups in total. The fourth-order valence-corrected chi connectivity index (χ4v) is 9.69. The Labute approximate surface area is 339 Å². The minimum absolute atomic E-state index is 0.0600. The summed E-state index contributed by atoms with van der Waals surface area (Å²) in [5, 5.41) is 3.16. The van der Waals surface area contributed by atoms with Crippen LogP contribution in [-0.2, 0) is 47.7 Å². The van der Waals surface area contributed by atoms with Crippen LogP contribution in [0.4, 0.5) is 11.4 Å². The molecule has 0 amide bonds. The first-order chi connectivity index (χ1) is 28.0. The summed E-state index contributed by atoms with van der Waals surface area (Å²) >= 11 is 0. The molecule has 0 unspecified atom stereocenters. The van der Waals surface area contributed by atoms with E-state index in [1.165, 1.54) is 43.8 Å². The molecule has 0 bridgehead atoms. The number of rotatable bonds is 13. The smallest absolute Gasteiger partial charge is 0.339 e. The average molecular weight is 837 g/mol. The summed E-state index contributed by atoms with van der Waals surface area (Å²) in [6.07, 6.45) is 2.79. The summed E-state index contributed by atoms with van der Waals surface area (Å²) in [5.74, 6) is -0.969. The van der Waals surface area contributed by atoms with Gasteiger partial charge in [-0.05, 0) is 48.5 Å². The number of hydrogen-bond acceptors (Lipinski definition) is 13. The Hall–Kier alpha value is -5.02. The van der Waals surface area contributed by atoms with E-state index in [0.717, 1.165) is 13.2 Å². The largest absolute Gasteiger partial charge is 0.465 e. The zero-order valence-corrected chi connectivity index (χ0v) is 34.1. The van der Waals surface area contributed by atoms with Gasteiger partial charge >= 0.3 is 32.4 Å². The number of anilines is 2. The Balaban J connectivity index is 0.000000198. The maximum absolute atomic E-state index is 13.6. The molecule has 3 aliphatic rings. The Morgan fingerprint density at radius 2 is 1.09 bits per heavy atom. The van der Waals surface area contributed by atoms with Crippen LogP contribution in [0.5, 0.6) is 0 Å². The molecule has 58 heavy (non-hydrogen) atoms. The predicted octanol–water partition coefficient (Wildman–Crippen LogP) is 2.16. The monoisotopic (exact) mass is 836 g/mol. The molecule has 3 fully saturated rings. The lowest BCUT2D eigenvalue weighted by Crippen LogP contribution is -2.59. The average Bonchev–Trinajstić information content (AvgIpc) is 3.25. The molecule has 19 heteroatoms. The molecule has 2 aromatic carbocycles. The zero-order valence-electron chi connectivity index (χ0n) is 32.4. The van der Waals surface area contributed by atoms with Crippen molar-refractivity contribution in [2.75, 3.05) is 88.4 Å². The van der Waals surface area contributed by atoms with Crippen LogP contribution in [0.2, 0.25) is 0 Å². The van der Waals surface area contributed by atoms with Crippen LogP contribution in [-0.4, -0.2) is 138 Å². The van der Waals surface area contributed by atoms with Gasteiger partial charge < -0.3 is 19.5 Å². The molecule has 3 saturated heterocycles. The summed E-state index contributed by atoms with van der Waals surface area (Å²) < 4.78 is 74.0. The molecule has 0 spiro atoms. The number of piperazine rings is 2. The number of carbonyl (C=O) groups is 2. The number of pyridine rings is 2. The van der Waals surface area contributed by atoms with Crippen molar-refractivity contribution in [1.82, 2.24) is 28.8 Å². The van der Waals surface area contributed by atoms with Gasteiger partial charge in [0.1, 0.15) is 0 Å². The van der Waals surface area contributed by atoms with Gasteiger partial charge in [0.15, 0.2) is 0 Å². The van der Waals surface area contributed by atoms with E-state index in [4.69, 9.17) is 9.47 Å². The zero-order chi connectivity index (χ0) is 41.1. The van der Waals surface area contributed by atoms with Crippen LogP contribution in [0.15, 0.2) is 97.3 Å². The summed E-state index contributed by atoms with van der Waals surface area (Å²) in [5.41, 5.74) is 2.83. The molecule has 0 radical (unpaired) electrons. The number of esters is 2. The Kier molecular flexibility index (Phi) is 14.4. The van der Waals surface area contributed by atoms with Gasteiger partial charge in [0, 0.05) is 64.8 Å². The van der Waals surface area contributed by atoms with Gasteiger partial charge in [-0.3, -0.25) is 23.5 Å². The topological polar surface area (TPSA) is 184 Å². The summed E-state index contributed by atoms with van der Waals surface area (Å²) in [4.78, 5) is 34.0. The van der Waals surface area contributed by atoms with Crippen molar-refractivity contribution in [2.45, 2.75) is 19.1 Å². The molecule has 3 aliphatic heterocycles. The van der Waals surface area contributed by atoms with E-state index in [9.17, 15) is 26.4 Å². The molecule has 7 rings (SSSR count). The summed E-state index contributed by atoms with van der Waals surface area (Å²) in [6.45, 7) is 5.86. The first kappa shape index (κ1) is 42.6. The van der Waals surface area contributed by atoms with Crippen molar-refractivity contribution >= 4 is 43.7 Å². The third-order valence-electron chi connectivity index (χ3n) is 9.89. The molecular weight excluding hydrogens is 789 g/mol. The quantitative estimate of drug-likeness (QED) is 0.194. The second-order valence-corrected chi connectivity index (χ2v) is 17.2. The highest BCUT2D eigenvalue weighted by atomic mass is 32.2. The third kappa shape index (κ3) is 10.3. The minimum atomic E-state index is -3.77. The van der Waals surface area contributed by atoms with E-state index < -0.39 is 32.4 Å². The molecule has 310 valence electrons. The number of nitrogens with one attached hydrogen (secondary N) is 1. The highest BCUT2D eigenvalue weighted by molar-refractivity contribution is 7.90. The molecule has 0 saturated carbocycles. The van der Waals surface area contributed by atoms with E-state index in [-0.39, 0.29) is 13.1 Å². The van der Waals surface area contributed by atoms with Gasteiger partial charge in [0.2, 0.25) is 0 Å². The lowest BCUT2D eigenvalue weighted by atomic mass is 10.2. The van der Waals surface area contributed by atoms with Gasteiger partial charge in [0.05, 0.1) is 80.5 Å². The van der Waals surface area contributed by atoms with Crippen molar-refractivity contribution < 1.29 is 40.6 Å². The van der Waals surface area contributed by atoms with Crippen molar-refractivity contribution in [2.24, 2.45) is 0 Å². The van der Waals surface area contributed by atoms with Crippen LogP contribution < -0.4 is 13.9 Å². The summed E-state index contributed by atoms with van der Waals surface area (Å²) in [6, 6.07) is 24.8. The highest BCUT2D eigenvalue weighted by Crippen LogP contribution is 2.26. The van der Waals surface area contributed by atoms with Crippen LogP contribution in [0.25, 0.3) is 0 Å². The van der Waals surface area contributed by atoms with Crippen LogP contribution in [0, 0.1) is 0 Å². The molecule has 0 aliphatic carbocycles. The van der Waals surface area contributed by atoms with Crippen LogP contribution >= 0.6 is 0 Å². The highest BCUT2D eigenvalue weighted by Gasteiger charge is 2.36. The second-order valence-electron chi connectivity index (χ2n) is 13.5. The lowest BCUT2D eigenvalue weighted by molar-refractivity contribution is -0.0721. The molecule has 5 heterocycles. The lowest BCUT2D eigenvalue weighted by Gasteiger charge is -2.43. The number of nitrogens with zero attached hydrogens (tertiary/aromatic N) is 7. The fourth-order valence-electron chi connectivity index (χ4n) is 6.50. The van der Waals surface area contributed by atoms with E-state index >= 15 is 0 Å². The van der Waals surface area contributed by atoms with Gasteiger partial charge in [-0.2, -0.15) is 25.4 Å². The number of aromatic nitrogens is 2. The Morgan fingerprint density at radius 1 is 0.655 bits per heavy atom. The summed E-state index contributed by atoms with van der Waals surface area (Å²) in [7, 11) is -4.88. The molecule has 0 atom stereocenters. The Bertz CT molecular complexity index is 2170. The first-order valence-corrected chi connectivity index (χ1v) is 21.6. The van der Waals surface area contributed by atoms with E-state index in [0.29, 0.717) is 92.3 Å². The number of carbonyl (C=O) groups excluding carboxylic acids is 2. The van der Waals surface area contributed by atoms with Gasteiger partial charge in [-0.25, -0.2) is 9.59 Å². The van der Waals surface area contributed by atoms with Crippen molar-refractivity contribution in [1.29, 1.82) is 0 Å². The van der Waals surface area contributed by atoms with Crippen molar-refractivity contribution in [3.8, 4) is 0 Å². The third-order valence-corrected chi connectivity index (χ3v) is 13.7. The van der Waals surface area contributed by atoms with Crippen LogP contribution in [0.3, 0.4) is 0 Å². The van der Waals surface area contributed by atoms with Gasteiger partial charge in [-0.15, -0.1) is 0 Å². The van der Waals surface area contributed by atoms with Gasteiger partial charge in [0.25, 0.3) is 0 Å². The molecule has 2 aromatic heterocycles. The number of para-hydroxylation sites is 2. The van der Waals surface area contributed by atoms with E-state index in [2.05, 4.69) is 24.9 Å². The fraction of sp³-hybridized carbons (Fsp3) is 0.385. The van der Waals surface area contributed by atoms with E-state index in [1.807, 2.05) is 12.1 Å². The molecule has 17 nitrogen and oxygen atoms in total.